The number of carbonyl (C=O) groups excluding carboxylic acids is 1. The van der Waals surface area contributed by atoms with Crippen LogP contribution in [0.4, 0.5) is 0 Å². The van der Waals surface area contributed by atoms with E-state index in [0.717, 1.165) is 25.9 Å². The van der Waals surface area contributed by atoms with Crippen molar-refractivity contribution in [2.45, 2.75) is 25.7 Å². The fraction of sp³-hybridized carbons (Fsp3) is 0.500. The van der Waals surface area contributed by atoms with Gasteiger partial charge in [0.05, 0.1) is 10.0 Å². The Kier molecular flexibility index (Phi) is 5.34. The highest BCUT2D eigenvalue weighted by Gasteiger charge is 2.17. The van der Waals surface area contributed by atoms with Crippen molar-refractivity contribution in [1.29, 1.82) is 0 Å². The molecular weight excluding hydrogens is 285 g/mol. The number of para-hydroxylation sites is 1. The Morgan fingerprint density at radius 3 is 2.26 bits per heavy atom. The molecule has 0 radical (unpaired) electrons. The van der Waals surface area contributed by atoms with Crippen LogP contribution in [0.1, 0.15) is 25.7 Å². The SMILES string of the molecule is O=C(COc1c(Cl)cccc1Cl)N1CCCCCC1. The molecule has 1 amide bonds. The molecule has 2 rings (SSSR count). The van der Waals surface area contributed by atoms with E-state index in [0.29, 0.717) is 15.8 Å². The number of benzene rings is 1. The first-order valence-electron chi connectivity index (χ1n) is 6.53. The van der Waals surface area contributed by atoms with Gasteiger partial charge < -0.3 is 9.64 Å². The molecule has 0 N–H and O–H groups in total. The molecule has 3 nitrogen and oxygen atoms in total. The normalized spacial score (nSPS) is 16.0. The van der Waals surface area contributed by atoms with Crippen LogP contribution in [-0.4, -0.2) is 30.5 Å². The Hall–Kier alpha value is -0.930. The molecule has 1 aliphatic rings. The summed E-state index contributed by atoms with van der Waals surface area (Å²) in [6.45, 7) is 1.63. The van der Waals surface area contributed by atoms with Crippen molar-refractivity contribution in [1.82, 2.24) is 4.90 Å². The number of likely N-dealkylation sites (tertiary alicyclic amines) is 1. The number of carbonyl (C=O) groups is 1. The van der Waals surface area contributed by atoms with Crippen LogP contribution in [0.15, 0.2) is 18.2 Å². The van der Waals surface area contributed by atoms with Gasteiger partial charge in [-0.25, -0.2) is 0 Å². The van der Waals surface area contributed by atoms with E-state index in [1.807, 2.05) is 4.90 Å². The predicted octanol–water partition coefficient (Wildman–Crippen LogP) is 3.77. The molecule has 0 bridgehead atoms. The highest BCUT2D eigenvalue weighted by atomic mass is 35.5. The molecule has 1 fully saturated rings. The van der Waals surface area contributed by atoms with Gasteiger partial charge in [0.1, 0.15) is 0 Å². The summed E-state index contributed by atoms with van der Waals surface area (Å²) in [5.74, 6) is 0.381. The fourth-order valence-electron chi connectivity index (χ4n) is 2.17. The maximum Gasteiger partial charge on any atom is 0.260 e. The number of halogens is 2. The monoisotopic (exact) mass is 301 g/mol. The van der Waals surface area contributed by atoms with Crippen LogP contribution in [0.25, 0.3) is 0 Å². The van der Waals surface area contributed by atoms with Crippen molar-refractivity contribution in [2.24, 2.45) is 0 Å². The molecule has 0 aliphatic carbocycles. The lowest BCUT2D eigenvalue weighted by atomic mass is 10.2. The summed E-state index contributed by atoms with van der Waals surface area (Å²) < 4.78 is 5.47. The number of nitrogens with zero attached hydrogens (tertiary/aromatic N) is 1. The highest BCUT2D eigenvalue weighted by Crippen LogP contribution is 2.32. The van der Waals surface area contributed by atoms with E-state index in [1.54, 1.807) is 18.2 Å². The molecule has 1 aliphatic heterocycles. The maximum atomic E-state index is 12.1. The lowest BCUT2D eigenvalue weighted by Gasteiger charge is -2.20. The van der Waals surface area contributed by atoms with Crippen molar-refractivity contribution in [3.05, 3.63) is 28.2 Å². The number of hydrogen-bond acceptors (Lipinski definition) is 2. The Balaban J connectivity index is 1.92. The van der Waals surface area contributed by atoms with Gasteiger partial charge >= 0.3 is 0 Å². The summed E-state index contributed by atoms with van der Waals surface area (Å²) in [5.41, 5.74) is 0. The van der Waals surface area contributed by atoms with E-state index in [9.17, 15) is 4.79 Å². The minimum atomic E-state index is -0.0105. The zero-order chi connectivity index (χ0) is 13.7. The molecule has 0 saturated carbocycles. The van der Waals surface area contributed by atoms with Crippen LogP contribution in [-0.2, 0) is 4.79 Å². The second-order valence-electron chi connectivity index (χ2n) is 4.63. The number of ether oxygens (including phenoxy) is 1. The first-order chi connectivity index (χ1) is 9.18. The van der Waals surface area contributed by atoms with Crippen LogP contribution in [0, 0.1) is 0 Å². The van der Waals surface area contributed by atoms with Gasteiger partial charge in [-0.05, 0) is 25.0 Å². The van der Waals surface area contributed by atoms with Gasteiger partial charge in [0.25, 0.3) is 5.91 Å². The Labute approximate surface area is 123 Å². The highest BCUT2D eigenvalue weighted by molar-refractivity contribution is 6.37. The van der Waals surface area contributed by atoms with Crippen molar-refractivity contribution < 1.29 is 9.53 Å². The lowest BCUT2D eigenvalue weighted by molar-refractivity contribution is -0.133. The molecule has 0 spiro atoms. The second kappa shape index (κ2) is 7.01. The summed E-state index contributed by atoms with van der Waals surface area (Å²) in [6.07, 6.45) is 4.53. The quantitative estimate of drug-likeness (QED) is 0.850. The predicted molar refractivity (Wildman–Crippen MR) is 77.0 cm³/mol. The topological polar surface area (TPSA) is 29.5 Å². The maximum absolute atomic E-state index is 12.1. The number of amides is 1. The Morgan fingerprint density at radius 1 is 1.11 bits per heavy atom. The number of hydrogen-bond donors (Lipinski definition) is 0. The largest absolute Gasteiger partial charge is 0.481 e. The number of rotatable bonds is 3. The standard InChI is InChI=1S/C14H17Cl2NO2/c15-11-6-5-7-12(16)14(11)19-10-13(18)17-8-3-1-2-4-9-17/h5-7H,1-4,8-10H2. The third-order valence-electron chi connectivity index (χ3n) is 3.22. The molecule has 1 saturated heterocycles. The summed E-state index contributed by atoms with van der Waals surface area (Å²) >= 11 is 12.0. The molecule has 19 heavy (non-hydrogen) atoms. The average molecular weight is 302 g/mol. The first-order valence-corrected chi connectivity index (χ1v) is 7.28. The van der Waals surface area contributed by atoms with Gasteiger partial charge in [-0.2, -0.15) is 0 Å². The minimum absolute atomic E-state index is 0.00196. The van der Waals surface area contributed by atoms with Crippen molar-refractivity contribution in [2.75, 3.05) is 19.7 Å². The van der Waals surface area contributed by atoms with Gasteiger partial charge in [0.15, 0.2) is 12.4 Å². The van der Waals surface area contributed by atoms with E-state index in [1.165, 1.54) is 12.8 Å². The van der Waals surface area contributed by atoms with Crippen LogP contribution in [0.2, 0.25) is 10.0 Å². The molecule has 1 heterocycles. The van der Waals surface area contributed by atoms with Crippen LogP contribution in [0.3, 0.4) is 0 Å². The van der Waals surface area contributed by atoms with Gasteiger partial charge in [0.2, 0.25) is 0 Å². The smallest absolute Gasteiger partial charge is 0.260 e. The summed E-state index contributed by atoms with van der Waals surface area (Å²) in [7, 11) is 0. The van der Waals surface area contributed by atoms with Gasteiger partial charge in [0, 0.05) is 13.1 Å². The zero-order valence-electron chi connectivity index (χ0n) is 10.7. The van der Waals surface area contributed by atoms with E-state index >= 15 is 0 Å². The Morgan fingerprint density at radius 2 is 1.68 bits per heavy atom. The van der Waals surface area contributed by atoms with Gasteiger partial charge in [-0.1, -0.05) is 42.1 Å². The van der Waals surface area contributed by atoms with Crippen molar-refractivity contribution in [3.8, 4) is 5.75 Å². The molecule has 1 aromatic rings. The van der Waals surface area contributed by atoms with E-state index < -0.39 is 0 Å². The van der Waals surface area contributed by atoms with Crippen LogP contribution >= 0.6 is 23.2 Å². The first kappa shape index (κ1) is 14.5. The van der Waals surface area contributed by atoms with Crippen molar-refractivity contribution in [3.63, 3.8) is 0 Å². The molecule has 104 valence electrons. The van der Waals surface area contributed by atoms with Gasteiger partial charge in [-0.3, -0.25) is 4.79 Å². The van der Waals surface area contributed by atoms with E-state index in [-0.39, 0.29) is 12.5 Å². The molecule has 0 atom stereocenters. The summed E-state index contributed by atoms with van der Waals surface area (Å²) in [4.78, 5) is 13.9. The zero-order valence-corrected chi connectivity index (χ0v) is 12.2. The molecular formula is C14H17Cl2NO2. The Bertz CT molecular complexity index is 423. The van der Waals surface area contributed by atoms with E-state index in [2.05, 4.69) is 0 Å². The van der Waals surface area contributed by atoms with Crippen LogP contribution in [0.5, 0.6) is 5.75 Å². The lowest BCUT2D eigenvalue weighted by Crippen LogP contribution is -2.35. The van der Waals surface area contributed by atoms with E-state index in [4.69, 9.17) is 27.9 Å². The molecule has 1 aromatic carbocycles. The summed E-state index contributed by atoms with van der Waals surface area (Å²) in [6, 6.07) is 5.13. The third kappa shape index (κ3) is 4.02. The van der Waals surface area contributed by atoms with Crippen molar-refractivity contribution >= 4 is 29.1 Å². The second-order valence-corrected chi connectivity index (χ2v) is 5.45. The average Bonchev–Trinajstić information content (AvgIpc) is 2.66. The third-order valence-corrected chi connectivity index (χ3v) is 3.81. The van der Waals surface area contributed by atoms with Crippen LogP contribution < -0.4 is 4.74 Å². The minimum Gasteiger partial charge on any atom is -0.481 e. The fourth-order valence-corrected chi connectivity index (χ4v) is 2.67. The molecule has 0 aromatic heterocycles. The molecule has 0 unspecified atom stereocenters. The molecule has 5 heteroatoms. The van der Waals surface area contributed by atoms with Gasteiger partial charge in [-0.15, -0.1) is 0 Å². The summed E-state index contributed by atoms with van der Waals surface area (Å²) in [5, 5.41) is 0.854.